The number of para-hydroxylation sites is 1. The summed E-state index contributed by atoms with van der Waals surface area (Å²) in [6, 6.07) is 32.4. The van der Waals surface area contributed by atoms with Gasteiger partial charge in [0, 0.05) is 24.9 Å². The van der Waals surface area contributed by atoms with Gasteiger partial charge in [-0.15, -0.1) is 0 Å². The van der Waals surface area contributed by atoms with Crippen LogP contribution in [0.15, 0.2) is 113 Å². The summed E-state index contributed by atoms with van der Waals surface area (Å²) in [7, 11) is -3.57. The van der Waals surface area contributed by atoms with E-state index in [1.54, 1.807) is 34.8 Å². The molecule has 35 heavy (non-hydrogen) atoms. The van der Waals surface area contributed by atoms with Crippen molar-refractivity contribution in [3.05, 3.63) is 125 Å². The minimum Gasteiger partial charge on any atom is -0.488 e. The molecule has 176 valence electrons. The van der Waals surface area contributed by atoms with Crippen LogP contribution in [0.25, 0.3) is 0 Å². The van der Waals surface area contributed by atoms with Gasteiger partial charge in [-0.05, 0) is 59.5 Å². The lowest BCUT2D eigenvalue weighted by atomic mass is 10.0. The van der Waals surface area contributed by atoms with Gasteiger partial charge < -0.3 is 4.74 Å². The van der Waals surface area contributed by atoms with E-state index in [2.05, 4.69) is 11.1 Å². The number of fused-ring (bicyclic) bond motifs is 1. The fourth-order valence-corrected chi connectivity index (χ4v) is 5.55. The highest BCUT2D eigenvalue weighted by Gasteiger charge is 2.28. The molecule has 4 aromatic rings. The highest BCUT2D eigenvalue weighted by molar-refractivity contribution is 7.89. The summed E-state index contributed by atoms with van der Waals surface area (Å²) in [5.74, 6) is 0.740. The van der Waals surface area contributed by atoms with Crippen molar-refractivity contribution in [2.24, 2.45) is 4.99 Å². The van der Waals surface area contributed by atoms with Crippen LogP contribution in [0.5, 0.6) is 5.75 Å². The molecule has 0 saturated carbocycles. The standard InChI is InChI=1S/C29H26N2O3S/c32-35(33,31-19-18-24-10-4-5-12-26(24)21-31)28-16-14-27(15-17-28)30-20-25-11-6-7-13-29(25)34-22-23-8-2-1-3-9-23/h1-17,20H,18-19,21-22H2. The Morgan fingerprint density at radius 1 is 0.800 bits per heavy atom. The quantitative estimate of drug-likeness (QED) is 0.315. The fraction of sp³-hybridized carbons (Fsp3) is 0.138. The summed E-state index contributed by atoms with van der Waals surface area (Å²) in [6.45, 7) is 1.36. The lowest BCUT2D eigenvalue weighted by molar-refractivity contribution is 0.306. The third-order valence-corrected chi connectivity index (χ3v) is 7.94. The second-order valence-corrected chi connectivity index (χ2v) is 10.4. The van der Waals surface area contributed by atoms with Crippen molar-refractivity contribution in [1.29, 1.82) is 0 Å². The Morgan fingerprint density at radius 3 is 2.29 bits per heavy atom. The van der Waals surface area contributed by atoms with Crippen LogP contribution in [-0.4, -0.2) is 25.5 Å². The Bertz CT molecular complexity index is 1430. The van der Waals surface area contributed by atoms with E-state index >= 15 is 0 Å². The molecular formula is C29H26N2O3S. The van der Waals surface area contributed by atoms with E-state index in [0.717, 1.165) is 28.9 Å². The number of benzene rings is 4. The number of rotatable bonds is 7. The normalized spacial score (nSPS) is 14.1. The molecular weight excluding hydrogens is 456 g/mol. The molecule has 0 spiro atoms. The van der Waals surface area contributed by atoms with Gasteiger partial charge in [-0.3, -0.25) is 4.99 Å². The molecule has 4 aromatic carbocycles. The largest absolute Gasteiger partial charge is 0.488 e. The first-order chi connectivity index (χ1) is 17.1. The van der Waals surface area contributed by atoms with Crippen molar-refractivity contribution in [3.63, 3.8) is 0 Å². The van der Waals surface area contributed by atoms with Gasteiger partial charge in [0.25, 0.3) is 0 Å². The van der Waals surface area contributed by atoms with Crippen LogP contribution in [0.4, 0.5) is 5.69 Å². The zero-order chi connectivity index (χ0) is 24.1. The van der Waals surface area contributed by atoms with Gasteiger partial charge in [0.05, 0.1) is 10.6 Å². The highest BCUT2D eigenvalue weighted by Crippen LogP contribution is 2.26. The molecule has 0 unspecified atom stereocenters. The molecule has 0 bridgehead atoms. The third-order valence-electron chi connectivity index (χ3n) is 6.08. The minimum absolute atomic E-state index is 0.280. The molecule has 1 aliphatic rings. The van der Waals surface area contributed by atoms with Gasteiger partial charge in [0.1, 0.15) is 12.4 Å². The number of ether oxygens (including phenoxy) is 1. The number of aliphatic imine (C=N–C) groups is 1. The molecule has 6 heteroatoms. The Morgan fingerprint density at radius 2 is 1.49 bits per heavy atom. The molecule has 0 aliphatic carbocycles. The number of hydrogen-bond donors (Lipinski definition) is 0. The Balaban J connectivity index is 1.28. The van der Waals surface area contributed by atoms with Gasteiger partial charge >= 0.3 is 0 Å². The molecule has 1 aliphatic heterocycles. The van der Waals surface area contributed by atoms with Crippen LogP contribution in [0, 0.1) is 0 Å². The van der Waals surface area contributed by atoms with Crippen molar-refractivity contribution in [1.82, 2.24) is 4.31 Å². The second kappa shape index (κ2) is 10.3. The fourth-order valence-electron chi connectivity index (χ4n) is 4.13. The Hall–Kier alpha value is -3.74. The van der Waals surface area contributed by atoms with Gasteiger partial charge in [-0.1, -0.05) is 66.7 Å². The van der Waals surface area contributed by atoms with E-state index in [4.69, 9.17) is 4.74 Å². The number of nitrogens with zero attached hydrogens (tertiary/aromatic N) is 2. The van der Waals surface area contributed by atoms with E-state index < -0.39 is 10.0 Å². The van der Waals surface area contributed by atoms with Crippen LogP contribution in [0.1, 0.15) is 22.3 Å². The Labute approximate surface area is 206 Å². The molecule has 5 nitrogen and oxygen atoms in total. The van der Waals surface area contributed by atoms with Crippen molar-refractivity contribution in [2.45, 2.75) is 24.5 Å². The maximum Gasteiger partial charge on any atom is 0.243 e. The van der Waals surface area contributed by atoms with Crippen molar-refractivity contribution < 1.29 is 13.2 Å². The third kappa shape index (κ3) is 5.34. The van der Waals surface area contributed by atoms with Crippen molar-refractivity contribution in [3.8, 4) is 5.75 Å². The minimum atomic E-state index is -3.57. The maximum absolute atomic E-state index is 13.2. The zero-order valence-corrected chi connectivity index (χ0v) is 20.1. The van der Waals surface area contributed by atoms with E-state index in [9.17, 15) is 8.42 Å². The zero-order valence-electron chi connectivity index (χ0n) is 19.2. The summed E-state index contributed by atoms with van der Waals surface area (Å²) in [5.41, 5.74) is 4.90. The first-order valence-corrected chi connectivity index (χ1v) is 13.0. The molecule has 0 fully saturated rings. The molecule has 0 amide bonds. The summed E-state index contributed by atoms with van der Waals surface area (Å²) in [6.07, 6.45) is 2.47. The smallest absolute Gasteiger partial charge is 0.243 e. The van der Waals surface area contributed by atoms with Crippen molar-refractivity contribution in [2.75, 3.05) is 6.54 Å². The van der Waals surface area contributed by atoms with E-state index in [1.807, 2.05) is 72.8 Å². The summed E-state index contributed by atoms with van der Waals surface area (Å²) >= 11 is 0. The maximum atomic E-state index is 13.2. The van der Waals surface area contributed by atoms with E-state index in [-0.39, 0.29) is 4.90 Å². The SMILES string of the molecule is O=S(=O)(c1ccc(N=Cc2ccccc2OCc2ccccc2)cc1)N1CCc2ccccc2C1. The Kier molecular flexibility index (Phi) is 6.75. The molecule has 0 radical (unpaired) electrons. The molecule has 0 saturated heterocycles. The predicted octanol–water partition coefficient (Wildman–Crippen LogP) is 5.76. The molecule has 0 atom stereocenters. The van der Waals surface area contributed by atoms with Gasteiger partial charge in [0.2, 0.25) is 10.0 Å². The first kappa shape index (κ1) is 23.0. The number of sulfonamides is 1. The predicted molar refractivity (Wildman–Crippen MR) is 139 cm³/mol. The molecule has 5 rings (SSSR count). The van der Waals surface area contributed by atoms with Crippen molar-refractivity contribution >= 4 is 21.9 Å². The van der Waals surface area contributed by atoms with E-state index in [1.165, 1.54) is 5.56 Å². The van der Waals surface area contributed by atoms with Gasteiger partial charge in [-0.25, -0.2) is 8.42 Å². The number of hydrogen-bond acceptors (Lipinski definition) is 4. The summed E-state index contributed by atoms with van der Waals surface area (Å²) in [4.78, 5) is 4.82. The lowest BCUT2D eigenvalue weighted by Crippen LogP contribution is -2.35. The van der Waals surface area contributed by atoms with Crippen LogP contribution >= 0.6 is 0 Å². The molecule has 1 heterocycles. The van der Waals surface area contributed by atoms with Crippen LogP contribution in [-0.2, 0) is 29.6 Å². The van der Waals surface area contributed by atoms with Crippen LogP contribution < -0.4 is 4.74 Å². The average molecular weight is 483 g/mol. The average Bonchev–Trinajstić information content (AvgIpc) is 2.91. The summed E-state index contributed by atoms with van der Waals surface area (Å²) < 4.78 is 33.9. The molecule has 0 N–H and O–H groups in total. The highest BCUT2D eigenvalue weighted by atomic mass is 32.2. The second-order valence-electron chi connectivity index (χ2n) is 8.42. The van der Waals surface area contributed by atoms with Gasteiger partial charge in [0.15, 0.2) is 0 Å². The monoisotopic (exact) mass is 482 g/mol. The molecule has 0 aromatic heterocycles. The van der Waals surface area contributed by atoms with E-state index in [0.29, 0.717) is 25.4 Å². The summed E-state index contributed by atoms with van der Waals surface area (Å²) in [5, 5.41) is 0. The first-order valence-electron chi connectivity index (χ1n) is 11.6. The van der Waals surface area contributed by atoms with Gasteiger partial charge in [-0.2, -0.15) is 4.31 Å². The lowest BCUT2D eigenvalue weighted by Gasteiger charge is -2.28. The van der Waals surface area contributed by atoms with Crippen LogP contribution in [0.3, 0.4) is 0 Å². The topological polar surface area (TPSA) is 59.0 Å². The van der Waals surface area contributed by atoms with Crippen LogP contribution in [0.2, 0.25) is 0 Å².